The van der Waals surface area contributed by atoms with E-state index >= 15 is 0 Å². The van der Waals surface area contributed by atoms with Gasteiger partial charge < -0.3 is 11.1 Å². The molecule has 0 aliphatic carbocycles. The zero-order valence-corrected chi connectivity index (χ0v) is 9.29. The molecular formula is C8H8ClFN2O2S. The third-order valence-corrected chi connectivity index (χ3v) is 3.25. The molecule has 0 spiro atoms. The zero-order chi connectivity index (χ0) is 11.8. The van der Waals surface area contributed by atoms with Gasteiger partial charge in [-0.25, -0.2) is 12.8 Å². The van der Waals surface area contributed by atoms with Crippen molar-refractivity contribution in [2.45, 2.75) is 11.8 Å². The molecule has 0 amide bonds. The minimum absolute atomic E-state index is 0.0712. The van der Waals surface area contributed by atoms with Crippen molar-refractivity contribution in [2.75, 3.05) is 5.73 Å². The number of nitrogens with one attached hydrogen (secondary N) is 1. The lowest BCUT2D eigenvalue weighted by Crippen LogP contribution is -2.06. The van der Waals surface area contributed by atoms with Crippen molar-refractivity contribution in [3.63, 3.8) is 0 Å². The quantitative estimate of drug-likeness (QED) is 0.475. The Morgan fingerprint density at radius 3 is 2.53 bits per heavy atom. The van der Waals surface area contributed by atoms with Crippen LogP contribution in [0.1, 0.15) is 11.1 Å². The first-order chi connectivity index (χ1) is 6.79. The van der Waals surface area contributed by atoms with Crippen molar-refractivity contribution < 1.29 is 12.8 Å². The maximum absolute atomic E-state index is 13.4. The van der Waals surface area contributed by atoms with Crippen LogP contribution in [0.4, 0.5) is 10.1 Å². The van der Waals surface area contributed by atoms with Crippen LogP contribution in [0.5, 0.6) is 0 Å². The molecular weight excluding hydrogens is 243 g/mol. The summed E-state index contributed by atoms with van der Waals surface area (Å²) in [5, 5.41) is 6.94. The number of halogens is 2. The van der Waals surface area contributed by atoms with E-state index in [-0.39, 0.29) is 21.7 Å². The van der Waals surface area contributed by atoms with Crippen molar-refractivity contribution >= 4 is 31.6 Å². The minimum Gasteiger partial charge on any atom is -0.397 e. The Hall–Kier alpha value is -1.14. The van der Waals surface area contributed by atoms with E-state index in [4.69, 9.17) is 21.8 Å². The van der Waals surface area contributed by atoms with Crippen LogP contribution >= 0.6 is 10.7 Å². The largest absolute Gasteiger partial charge is 0.397 e. The molecule has 0 saturated heterocycles. The zero-order valence-electron chi connectivity index (χ0n) is 7.71. The molecule has 0 saturated carbocycles. The van der Waals surface area contributed by atoms with Crippen LogP contribution < -0.4 is 5.73 Å². The normalized spacial score (nSPS) is 11.4. The second-order valence-corrected chi connectivity index (χ2v) is 5.45. The van der Waals surface area contributed by atoms with Gasteiger partial charge in [0.1, 0.15) is 10.7 Å². The highest BCUT2D eigenvalue weighted by atomic mass is 35.7. The van der Waals surface area contributed by atoms with Crippen molar-refractivity contribution in [1.82, 2.24) is 0 Å². The molecule has 82 valence electrons. The number of aryl methyl sites for hydroxylation is 1. The van der Waals surface area contributed by atoms with Crippen molar-refractivity contribution in [3.05, 3.63) is 23.0 Å². The van der Waals surface area contributed by atoms with Crippen LogP contribution in [0, 0.1) is 18.2 Å². The van der Waals surface area contributed by atoms with E-state index < -0.39 is 14.9 Å². The summed E-state index contributed by atoms with van der Waals surface area (Å²) in [7, 11) is 1.08. The Morgan fingerprint density at radius 2 is 2.13 bits per heavy atom. The molecule has 0 heterocycles. The maximum Gasteiger partial charge on any atom is 0.263 e. The molecule has 1 rings (SSSR count). The van der Waals surface area contributed by atoms with Crippen LogP contribution in [-0.4, -0.2) is 14.6 Å². The molecule has 0 aliphatic heterocycles. The van der Waals surface area contributed by atoms with E-state index in [1.807, 2.05) is 0 Å². The Labute approximate surface area is 90.8 Å². The summed E-state index contributed by atoms with van der Waals surface area (Å²) >= 11 is 0. The molecule has 7 heteroatoms. The molecule has 1 aromatic rings. The fourth-order valence-electron chi connectivity index (χ4n) is 1.14. The number of hydrogen-bond donors (Lipinski definition) is 2. The van der Waals surface area contributed by atoms with Gasteiger partial charge in [-0.05, 0) is 18.6 Å². The summed E-state index contributed by atoms with van der Waals surface area (Å²) in [5.41, 5.74) is 4.85. The highest BCUT2D eigenvalue weighted by molar-refractivity contribution is 8.13. The average Bonchev–Trinajstić information content (AvgIpc) is 2.10. The Kier molecular flexibility index (Phi) is 3.01. The fraction of sp³-hybridized carbons (Fsp3) is 0.125. The van der Waals surface area contributed by atoms with Crippen molar-refractivity contribution in [1.29, 1.82) is 5.41 Å². The third-order valence-electron chi connectivity index (χ3n) is 1.89. The molecule has 0 atom stereocenters. The molecule has 1 aromatic carbocycles. The Balaban J connectivity index is 3.73. The third kappa shape index (κ3) is 2.10. The van der Waals surface area contributed by atoms with E-state index in [2.05, 4.69) is 0 Å². The number of nitrogens with two attached hydrogens (primary N) is 1. The Morgan fingerprint density at radius 1 is 1.60 bits per heavy atom. The molecule has 0 radical (unpaired) electrons. The number of benzene rings is 1. The molecule has 3 N–H and O–H groups in total. The molecule has 0 aliphatic rings. The maximum atomic E-state index is 13.4. The SMILES string of the molecule is Cc1cc(S(=O)(=O)Cl)c(N)c(C=N)c1F. The summed E-state index contributed by atoms with van der Waals surface area (Å²) in [5.74, 6) is -0.716. The molecule has 15 heavy (non-hydrogen) atoms. The number of nitrogen functional groups attached to an aromatic ring is 1. The highest BCUT2D eigenvalue weighted by Crippen LogP contribution is 2.28. The van der Waals surface area contributed by atoms with Crippen molar-refractivity contribution in [2.24, 2.45) is 0 Å². The second kappa shape index (κ2) is 3.79. The number of anilines is 1. The number of rotatable bonds is 2. The summed E-state index contributed by atoms with van der Waals surface area (Å²) in [4.78, 5) is -0.374. The predicted octanol–water partition coefficient (Wildman–Crippen LogP) is 1.64. The van der Waals surface area contributed by atoms with Crippen LogP contribution in [0.3, 0.4) is 0 Å². The monoisotopic (exact) mass is 250 g/mol. The topological polar surface area (TPSA) is 84.0 Å². The van der Waals surface area contributed by atoms with Gasteiger partial charge in [0.15, 0.2) is 0 Å². The summed E-state index contributed by atoms with van der Waals surface area (Å²) in [6.45, 7) is 1.37. The van der Waals surface area contributed by atoms with Gasteiger partial charge in [-0.1, -0.05) is 0 Å². The van der Waals surface area contributed by atoms with Crippen LogP contribution in [0.15, 0.2) is 11.0 Å². The van der Waals surface area contributed by atoms with Gasteiger partial charge >= 0.3 is 0 Å². The standard InChI is InChI=1S/C8H8ClFN2O2S/c1-4-2-6(15(9,13)14)8(12)5(3-11)7(4)10/h2-3,11H,12H2,1H3. The van der Waals surface area contributed by atoms with Gasteiger partial charge in [-0.3, -0.25) is 0 Å². The van der Waals surface area contributed by atoms with Gasteiger partial charge in [0.25, 0.3) is 9.05 Å². The van der Waals surface area contributed by atoms with Gasteiger partial charge in [0.2, 0.25) is 0 Å². The van der Waals surface area contributed by atoms with Crippen LogP contribution in [-0.2, 0) is 9.05 Å². The Bertz CT molecular complexity index is 528. The highest BCUT2D eigenvalue weighted by Gasteiger charge is 2.20. The molecule has 0 aromatic heterocycles. The number of hydrogen-bond acceptors (Lipinski definition) is 4. The second-order valence-electron chi connectivity index (χ2n) is 2.92. The van der Waals surface area contributed by atoms with Gasteiger partial charge in [0, 0.05) is 16.9 Å². The molecule has 0 fully saturated rings. The first kappa shape index (κ1) is 11.9. The van der Waals surface area contributed by atoms with E-state index in [1.165, 1.54) is 6.92 Å². The van der Waals surface area contributed by atoms with Crippen molar-refractivity contribution in [3.8, 4) is 0 Å². The van der Waals surface area contributed by atoms with Gasteiger partial charge in [-0.2, -0.15) is 0 Å². The fourth-order valence-corrected chi connectivity index (χ4v) is 2.22. The average molecular weight is 251 g/mol. The lowest BCUT2D eigenvalue weighted by molar-refractivity contribution is 0.605. The summed E-state index contributed by atoms with van der Waals surface area (Å²) in [6, 6.07) is 1.04. The van der Waals surface area contributed by atoms with E-state index in [0.717, 1.165) is 6.07 Å². The summed E-state index contributed by atoms with van der Waals surface area (Å²) in [6.07, 6.45) is 0.656. The van der Waals surface area contributed by atoms with Crippen LogP contribution in [0.2, 0.25) is 0 Å². The smallest absolute Gasteiger partial charge is 0.263 e. The van der Waals surface area contributed by atoms with E-state index in [1.54, 1.807) is 0 Å². The van der Waals surface area contributed by atoms with E-state index in [0.29, 0.717) is 6.21 Å². The van der Waals surface area contributed by atoms with Crippen LogP contribution in [0.25, 0.3) is 0 Å². The van der Waals surface area contributed by atoms with Gasteiger partial charge in [0.05, 0.1) is 11.3 Å². The first-order valence-electron chi connectivity index (χ1n) is 3.82. The van der Waals surface area contributed by atoms with E-state index in [9.17, 15) is 12.8 Å². The molecule has 0 unspecified atom stereocenters. The minimum atomic E-state index is -4.03. The first-order valence-corrected chi connectivity index (χ1v) is 6.13. The summed E-state index contributed by atoms with van der Waals surface area (Å²) < 4.78 is 35.5. The molecule has 4 nitrogen and oxygen atoms in total. The predicted molar refractivity (Wildman–Crippen MR) is 56.5 cm³/mol. The molecule has 0 bridgehead atoms. The van der Waals surface area contributed by atoms with Gasteiger partial charge in [-0.15, -0.1) is 0 Å². The lowest BCUT2D eigenvalue weighted by Gasteiger charge is -2.08. The lowest BCUT2D eigenvalue weighted by atomic mass is 10.1.